The molecule has 1 heterocycles. The van der Waals surface area contributed by atoms with Crippen LogP contribution in [0, 0.1) is 12.7 Å². The lowest BCUT2D eigenvalue weighted by Crippen LogP contribution is -2.02. The second-order valence-electron chi connectivity index (χ2n) is 3.58. The van der Waals surface area contributed by atoms with E-state index in [-0.39, 0.29) is 5.82 Å². The van der Waals surface area contributed by atoms with Crippen LogP contribution in [0.5, 0.6) is 11.6 Å². The molecule has 0 unspecified atom stereocenters. The van der Waals surface area contributed by atoms with Crippen molar-refractivity contribution in [1.82, 2.24) is 10.2 Å². The summed E-state index contributed by atoms with van der Waals surface area (Å²) in [5, 5.41) is 7.53. The zero-order valence-electron chi connectivity index (χ0n) is 9.35. The Balaban J connectivity index is 2.28. The van der Waals surface area contributed by atoms with Gasteiger partial charge in [-0.3, -0.25) is 0 Å². The molecule has 88 valence electrons. The first kappa shape index (κ1) is 11.5. The van der Waals surface area contributed by atoms with Crippen molar-refractivity contribution in [3.05, 3.63) is 47.4 Å². The molecule has 1 aromatic heterocycles. The van der Waals surface area contributed by atoms with E-state index < -0.39 is 0 Å². The lowest BCUT2D eigenvalue weighted by atomic mass is 10.2. The average Bonchev–Trinajstić information content (AvgIpc) is 2.34. The van der Waals surface area contributed by atoms with Gasteiger partial charge in [-0.2, -0.15) is 5.10 Å². The second-order valence-corrected chi connectivity index (χ2v) is 3.58. The van der Waals surface area contributed by atoms with Gasteiger partial charge in [0.05, 0.1) is 6.20 Å². The van der Waals surface area contributed by atoms with Gasteiger partial charge in [-0.25, -0.2) is 4.39 Å². The van der Waals surface area contributed by atoms with Gasteiger partial charge in [-0.1, -0.05) is 6.07 Å². The van der Waals surface area contributed by atoms with Crippen molar-refractivity contribution < 1.29 is 9.13 Å². The van der Waals surface area contributed by atoms with E-state index >= 15 is 0 Å². The number of nitrogens with zero attached hydrogens (tertiary/aromatic N) is 2. The molecule has 0 amide bonds. The molecule has 0 saturated carbocycles. The Morgan fingerprint density at radius 1 is 1.35 bits per heavy atom. The molecule has 0 saturated heterocycles. The molecule has 17 heavy (non-hydrogen) atoms. The van der Waals surface area contributed by atoms with E-state index in [4.69, 9.17) is 10.5 Å². The molecule has 2 N–H and O–H groups in total. The van der Waals surface area contributed by atoms with E-state index in [9.17, 15) is 4.39 Å². The average molecular weight is 233 g/mol. The Bertz CT molecular complexity index is 531. The molecule has 0 spiro atoms. The summed E-state index contributed by atoms with van der Waals surface area (Å²) < 4.78 is 18.8. The fourth-order valence-electron chi connectivity index (χ4n) is 1.33. The van der Waals surface area contributed by atoms with Crippen LogP contribution in [-0.4, -0.2) is 10.2 Å². The number of benzene rings is 1. The molecule has 1 aromatic carbocycles. The van der Waals surface area contributed by atoms with Crippen LogP contribution in [0.25, 0.3) is 0 Å². The number of ether oxygens (including phenoxy) is 1. The van der Waals surface area contributed by atoms with Gasteiger partial charge in [0, 0.05) is 18.2 Å². The third-order valence-electron chi connectivity index (χ3n) is 2.34. The molecule has 5 heteroatoms. The van der Waals surface area contributed by atoms with E-state index in [1.807, 2.05) is 0 Å². The highest BCUT2D eigenvalue weighted by Gasteiger charge is 2.07. The van der Waals surface area contributed by atoms with Crippen LogP contribution in [0.15, 0.2) is 30.5 Å². The van der Waals surface area contributed by atoms with E-state index in [2.05, 4.69) is 10.2 Å². The summed E-state index contributed by atoms with van der Waals surface area (Å²) in [6.07, 6.45) is 1.53. The Hall–Kier alpha value is -2.01. The van der Waals surface area contributed by atoms with E-state index in [0.29, 0.717) is 23.7 Å². The van der Waals surface area contributed by atoms with Crippen LogP contribution in [0.2, 0.25) is 0 Å². The second kappa shape index (κ2) is 4.88. The van der Waals surface area contributed by atoms with Crippen molar-refractivity contribution in [2.24, 2.45) is 5.73 Å². The summed E-state index contributed by atoms with van der Waals surface area (Å²) in [7, 11) is 0. The van der Waals surface area contributed by atoms with Gasteiger partial charge in [-0.05, 0) is 24.6 Å². The minimum Gasteiger partial charge on any atom is -0.437 e. The number of rotatable bonds is 3. The molecule has 4 nitrogen and oxygen atoms in total. The third-order valence-corrected chi connectivity index (χ3v) is 2.34. The zero-order chi connectivity index (χ0) is 12.3. The van der Waals surface area contributed by atoms with E-state index in [0.717, 1.165) is 5.56 Å². The highest BCUT2D eigenvalue weighted by Crippen LogP contribution is 2.23. The van der Waals surface area contributed by atoms with Crippen LogP contribution in [0.1, 0.15) is 11.1 Å². The number of hydrogen-bond donors (Lipinski definition) is 1. The van der Waals surface area contributed by atoms with Gasteiger partial charge < -0.3 is 10.5 Å². The summed E-state index contributed by atoms with van der Waals surface area (Å²) in [5.74, 6) is 0.363. The first-order valence-corrected chi connectivity index (χ1v) is 5.15. The SMILES string of the molecule is Cc1ccc(Oc2nnccc2CN)cc1F. The number of aryl methyl sites for hydroxylation is 1. The lowest BCUT2D eigenvalue weighted by molar-refractivity contribution is 0.444. The fourth-order valence-corrected chi connectivity index (χ4v) is 1.33. The summed E-state index contributed by atoms with van der Waals surface area (Å²) in [4.78, 5) is 0. The molecule has 2 rings (SSSR count). The highest BCUT2D eigenvalue weighted by atomic mass is 19.1. The van der Waals surface area contributed by atoms with Crippen molar-refractivity contribution in [3.8, 4) is 11.6 Å². The molecule has 0 aliphatic rings. The summed E-state index contributed by atoms with van der Waals surface area (Å²) in [6, 6.07) is 6.34. The Morgan fingerprint density at radius 2 is 2.18 bits per heavy atom. The largest absolute Gasteiger partial charge is 0.437 e. The van der Waals surface area contributed by atoms with Crippen LogP contribution in [0.4, 0.5) is 4.39 Å². The van der Waals surface area contributed by atoms with Crippen molar-refractivity contribution in [1.29, 1.82) is 0 Å². The molecule has 0 aliphatic heterocycles. The fraction of sp³-hybridized carbons (Fsp3) is 0.167. The maximum atomic E-state index is 13.3. The predicted molar refractivity (Wildman–Crippen MR) is 61.1 cm³/mol. The number of nitrogens with two attached hydrogens (primary N) is 1. The van der Waals surface area contributed by atoms with Gasteiger partial charge in [0.15, 0.2) is 0 Å². The predicted octanol–water partition coefficient (Wildman–Crippen LogP) is 2.18. The summed E-state index contributed by atoms with van der Waals surface area (Å²) >= 11 is 0. The highest BCUT2D eigenvalue weighted by molar-refractivity contribution is 5.33. The maximum Gasteiger partial charge on any atom is 0.243 e. The van der Waals surface area contributed by atoms with Crippen LogP contribution in [-0.2, 0) is 6.54 Å². The molecule has 0 aliphatic carbocycles. The minimum absolute atomic E-state index is 0.291. The van der Waals surface area contributed by atoms with Gasteiger partial charge in [0.2, 0.25) is 5.88 Å². The Labute approximate surface area is 98.2 Å². The molecule has 0 fully saturated rings. The van der Waals surface area contributed by atoms with Crippen LogP contribution in [0.3, 0.4) is 0 Å². The van der Waals surface area contributed by atoms with E-state index in [1.54, 1.807) is 25.1 Å². The number of hydrogen-bond acceptors (Lipinski definition) is 4. The van der Waals surface area contributed by atoms with E-state index in [1.165, 1.54) is 12.3 Å². The smallest absolute Gasteiger partial charge is 0.243 e. The Morgan fingerprint density at radius 3 is 2.88 bits per heavy atom. The standard InChI is InChI=1S/C12H12FN3O/c1-8-2-3-10(6-11(8)13)17-12-9(7-14)4-5-15-16-12/h2-6H,7,14H2,1H3. The number of halogens is 1. The molecule has 0 radical (unpaired) electrons. The summed E-state index contributed by atoms with van der Waals surface area (Å²) in [5.41, 5.74) is 6.82. The van der Waals surface area contributed by atoms with Crippen molar-refractivity contribution >= 4 is 0 Å². The monoisotopic (exact) mass is 233 g/mol. The third kappa shape index (κ3) is 2.57. The number of aromatic nitrogens is 2. The first-order valence-electron chi connectivity index (χ1n) is 5.15. The van der Waals surface area contributed by atoms with Crippen LogP contribution >= 0.6 is 0 Å². The minimum atomic E-state index is -0.319. The molecular weight excluding hydrogens is 221 g/mol. The topological polar surface area (TPSA) is 61.0 Å². The van der Waals surface area contributed by atoms with Crippen molar-refractivity contribution in [2.75, 3.05) is 0 Å². The molecular formula is C12H12FN3O. The van der Waals surface area contributed by atoms with Gasteiger partial charge in [0.1, 0.15) is 11.6 Å². The van der Waals surface area contributed by atoms with Gasteiger partial charge >= 0.3 is 0 Å². The van der Waals surface area contributed by atoms with Crippen LogP contribution < -0.4 is 10.5 Å². The van der Waals surface area contributed by atoms with Crippen molar-refractivity contribution in [3.63, 3.8) is 0 Å². The molecule has 2 aromatic rings. The Kier molecular flexibility index (Phi) is 3.30. The van der Waals surface area contributed by atoms with Crippen molar-refractivity contribution in [2.45, 2.75) is 13.5 Å². The maximum absolute atomic E-state index is 13.3. The molecule has 0 bridgehead atoms. The summed E-state index contributed by atoms with van der Waals surface area (Å²) in [6.45, 7) is 1.98. The lowest BCUT2D eigenvalue weighted by Gasteiger charge is -2.08. The normalized spacial score (nSPS) is 10.3. The zero-order valence-corrected chi connectivity index (χ0v) is 9.35. The molecule has 0 atom stereocenters. The van der Waals surface area contributed by atoms with Gasteiger partial charge in [0.25, 0.3) is 0 Å². The van der Waals surface area contributed by atoms with Gasteiger partial charge in [-0.15, -0.1) is 5.10 Å². The quantitative estimate of drug-likeness (QED) is 0.882. The first-order chi connectivity index (χ1) is 8.20.